The van der Waals surface area contributed by atoms with Gasteiger partial charge in [0.1, 0.15) is 17.3 Å². The predicted octanol–water partition coefficient (Wildman–Crippen LogP) is 4.01. The maximum absolute atomic E-state index is 14.5. The lowest BCUT2D eigenvalue weighted by molar-refractivity contribution is 0.516. The lowest BCUT2D eigenvalue weighted by Gasteiger charge is -2.32. The minimum atomic E-state index is -0.453. The van der Waals surface area contributed by atoms with Gasteiger partial charge in [0, 0.05) is 18.6 Å². The van der Waals surface area contributed by atoms with Crippen molar-refractivity contribution in [2.75, 3.05) is 11.4 Å². The molecule has 0 radical (unpaired) electrons. The van der Waals surface area contributed by atoms with E-state index >= 15 is 0 Å². The third kappa shape index (κ3) is 3.94. The molecule has 0 aliphatic carbocycles. The van der Waals surface area contributed by atoms with Crippen LogP contribution in [0.4, 0.5) is 14.5 Å². The van der Waals surface area contributed by atoms with Crippen LogP contribution in [0.15, 0.2) is 12.1 Å². The number of nitrogens with zero attached hydrogens (tertiary/aromatic N) is 1. The zero-order chi connectivity index (χ0) is 15.4. The van der Waals surface area contributed by atoms with Gasteiger partial charge in [0.05, 0.1) is 0 Å². The van der Waals surface area contributed by atoms with E-state index in [9.17, 15) is 8.78 Å². The molecule has 118 valence electrons. The second-order valence-corrected chi connectivity index (χ2v) is 6.19. The zero-order valence-corrected chi connectivity index (χ0v) is 13.0. The van der Waals surface area contributed by atoms with Crippen LogP contribution in [0.5, 0.6) is 0 Å². The molecule has 0 amide bonds. The third-order valence-corrected chi connectivity index (χ3v) is 4.27. The van der Waals surface area contributed by atoms with Crippen molar-refractivity contribution >= 4 is 5.69 Å². The van der Waals surface area contributed by atoms with Gasteiger partial charge in [-0.2, -0.15) is 0 Å². The summed E-state index contributed by atoms with van der Waals surface area (Å²) < 4.78 is 28.9. The Labute approximate surface area is 126 Å². The summed E-state index contributed by atoms with van der Waals surface area (Å²) in [5.74, 6) is -0.906. The smallest absolute Gasteiger partial charge is 0.149 e. The van der Waals surface area contributed by atoms with Crippen molar-refractivity contribution < 1.29 is 8.78 Å². The van der Waals surface area contributed by atoms with Gasteiger partial charge < -0.3 is 10.6 Å². The minimum absolute atomic E-state index is 0.101. The number of nitrogens with two attached hydrogens (primary N) is 1. The number of halogens is 2. The summed E-state index contributed by atoms with van der Waals surface area (Å²) in [7, 11) is 0. The van der Waals surface area contributed by atoms with Gasteiger partial charge in [-0.05, 0) is 50.3 Å². The molecule has 2 unspecified atom stereocenters. The first-order chi connectivity index (χ1) is 10.0. The SMILES string of the molecule is CCC1CCCCCN1c1c(F)cc(CC(C)N)cc1F. The molecule has 1 aromatic rings. The van der Waals surface area contributed by atoms with E-state index in [1.165, 1.54) is 12.1 Å². The fourth-order valence-corrected chi connectivity index (χ4v) is 3.28. The van der Waals surface area contributed by atoms with Crippen LogP contribution < -0.4 is 10.6 Å². The summed E-state index contributed by atoms with van der Waals surface area (Å²) in [5, 5.41) is 0. The zero-order valence-electron chi connectivity index (χ0n) is 13.0. The van der Waals surface area contributed by atoms with Crippen LogP contribution in [0.2, 0.25) is 0 Å². The molecule has 1 aromatic carbocycles. The first-order valence-corrected chi connectivity index (χ1v) is 8.03. The summed E-state index contributed by atoms with van der Waals surface area (Å²) >= 11 is 0. The summed E-state index contributed by atoms with van der Waals surface area (Å²) in [5.41, 5.74) is 6.50. The second kappa shape index (κ2) is 7.21. The van der Waals surface area contributed by atoms with E-state index in [4.69, 9.17) is 5.73 Å². The average Bonchev–Trinajstić information content (AvgIpc) is 2.62. The first-order valence-electron chi connectivity index (χ1n) is 8.03. The average molecular weight is 296 g/mol. The van der Waals surface area contributed by atoms with Gasteiger partial charge in [-0.15, -0.1) is 0 Å². The first kappa shape index (κ1) is 16.2. The number of hydrogen-bond acceptors (Lipinski definition) is 2. The lowest BCUT2D eigenvalue weighted by atomic mass is 10.0. The van der Waals surface area contributed by atoms with E-state index in [2.05, 4.69) is 6.92 Å². The molecule has 1 aliphatic rings. The van der Waals surface area contributed by atoms with Crippen molar-refractivity contribution in [1.82, 2.24) is 0 Å². The Morgan fingerprint density at radius 1 is 1.24 bits per heavy atom. The van der Waals surface area contributed by atoms with Crippen LogP contribution in [-0.2, 0) is 6.42 Å². The molecular weight excluding hydrogens is 270 g/mol. The van der Waals surface area contributed by atoms with Crippen molar-refractivity contribution in [3.8, 4) is 0 Å². The summed E-state index contributed by atoms with van der Waals surface area (Å²) in [4.78, 5) is 1.94. The van der Waals surface area contributed by atoms with Gasteiger partial charge >= 0.3 is 0 Å². The Morgan fingerprint density at radius 2 is 1.90 bits per heavy atom. The minimum Gasteiger partial charge on any atom is -0.364 e. The molecule has 21 heavy (non-hydrogen) atoms. The Balaban J connectivity index is 2.33. The van der Waals surface area contributed by atoms with Crippen LogP contribution in [-0.4, -0.2) is 18.6 Å². The van der Waals surface area contributed by atoms with Gasteiger partial charge in [0.15, 0.2) is 0 Å². The van der Waals surface area contributed by atoms with Crippen molar-refractivity contribution in [2.45, 2.75) is 64.5 Å². The molecule has 1 heterocycles. The van der Waals surface area contributed by atoms with Gasteiger partial charge in [-0.25, -0.2) is 8.78 Å². The monoisotopic (exact) mass is 296 g/mol. The van der Waals surface area contributed by atoms with Crippen LogP contribution >= 0.6 is 0 Å². The van der Waals surface area contributed by atoms with E-state index in [0.717, 1.165) is 38.6 Å². The molecular formula is C17H26F2N2. The Kier molecular flexibility index (Phi) is 5.57. The van der Waals surface area contributed by atoms with E-state index < -0.39 is 11.6 Å². The van der Waals surface area contributed by atoms with Gasteiger partial charge in [-0.3, -0.25) is 0 Å². The molecule has 2 nitrogen and oxygen atoms in total. The topological polar surface area (TPSA) is 29.3 Å². The van der Waals surface area contributed by atoms with Gasteiger partial charge in [0.2, 0.25) is 0 Å². The molecule has 0 spiro atoms. The maximum atomic E-state index is 14.5. The van der Waals surface area contributed by atoms with Crippen molar-refractivity contribution in [3.05, 3.63) is 29.3 Å². The van der Waals surface area contributed by atoms with Crippen LogP contribution in [0.1, 0.15) is 51.5 Å². The highest BCUT2D eigenvalue weighted by Crippen LogP contribution is 2.31. The second-order valence-electron chi connectivity index (χ2n) is 6.19. The fourth-order valence-electron chi connectivity index (χ4n) is 3.28. The number of hydrogen-bond donors (Lipinski definition) is 1. The molecule has 0 aromatic heterocycles. The normalized spacial score (nSPS) is 21.2. The lowest BCUT2D eigenvalue weighted by Crippen LogP contribution is -2.35. The largest absolute Gasteiger partial charge is 0.364 e. The molecule has 2 N–H and O–H groups in total. The highest BCUT2D eigenvalue weighted by Gasteiger charge is 2.25. The van der Waals surface area contributed by atoms with E-state index in [1.807, 2.05) is 11.8 Å². The van der Waals surface area contributed by atoms with Crippen LogP contribution in [0, 0.1) is 11.6 Å². The Bertz CT molecular complexity index is 451. The standard InChI is InChI=1S/C17H26F2N2/c1-3-14-7-5-4-6-8-21(14)17-15(18)10-13(9-12(2)20)11-16(17)19/h10-12,14H,3-9,20H2,1-2H3. The third-order valence-electron chi connectivity index (χ3n) is 4.27. The van der Waals surface area contributed by atoms with Gasteiger partial charge in [0.25, 0.3) is 0 Å². The molecule has 1 saturated heterocycles. The molecule has 0 bridgehead atoms. The summed E-state index contributed by atoms with van der Waals surface area (Å²) in [6.07, 6.45) is 5.69. The maximum Gasteiger partial charge on any atom is 0.149 e. The quantitative estimate of drug-likeness (QED) is 0.909. The highest BCUT2D eigenvalue weighted by atomic mass is 19.1. The molecule has 2 rings (SSSR count). The molecule has 4 heteroatoms. The highest BCUT2D eigenvalue weighted by molar-refractivity contribution is 5.52. The molecule has 2 atom stereocenters. The Morgan fingerprint density at radius 3 is 2.48 bits per heavy atom. The van der Waals surface area contributed by atoms with Crippen LogP contribution in [0.3, 0.4) is 0 Å². The number of benzene rings is 1. The summed E-state index contributed by atoms with van der Waals surface area (Å²) in [6.45, 7) is 4.66. The van der Waals surface area contributed by atoms with Crippen molar-refractivity contribution in [1.29, 1.82) is 0 Å². The molecule has 0 saturated carbocycles. The Hall–Kier alpha value is -1.16. The number of anilines is 1. The molecule has 1 aliphatic heterocycles. The van der Waals surface area contributed by atoms with Crippen LogP contribution in [0.25, 0.3) is 0 Å². The van der Waals surface area contributed by atoms with E-state index in [1.54, 1.807) is 0 Å². The van der Waals surface area contributed by atoms with Gasteiger partial charge in [-0.1, -0.05) is 19.8 Å². The predicted molar refractivity (Wildman–Crippen MR) is 83.6 cm³/mol. The van der Waals surface area contributed by atoms with E-state index in [-0.39, 0.29) is 17.8 Å². The molecule has 1 fully saturated rings. The fraction of sp³-hybridized carbons (Fsp3) is 0.647. The summed E-state index contributed by atoms with van der Waals surface area (Å²) in [6, 6.07) is 3.02. The number of rotatable bonds is 4. The van der Waals surface area contributed by atoms with Crippen molar-refractivity contribution in [2.24, 2.45) is 5.73 Å². The van der Waals surface area contributed by atoms with E-state index in [0.29, 0.717) is 12.0 Å². The van der Waals surface area contributed by atoms with Crippen molar-refractivity contribution in [3.63, 3.8) is 0 Å².